The number of aliphatic hydroxyl groups excluding tert-OH is 1. The summed E-state index contributed by atoms with van der Waals surface area (Å²) in [5.74, 6) is 0. The molecule has 0 saturated carbocycles. The molecule has 0 atom stereocenters. The van der Waals surface area contributed by atoms with Crippen LogP contribution in [-0.4, -0.2) is 16.7 Å². The lowest BCUT2D eigenvalue weighted by molar-refractivity contribution is 0.288. The number of benzene rings is 1. The lowest BCUT2D eigenvalue weighted by Crippen LogP contribution is -1.90. The Kier molecular flexibility index (Phi) is 3.30. The van der Waals surface area contributed by atoms with Crippen LogP contribution in [0.1, 0.15) is 30.2 Å². The predicted octanol–water partition coefficient (Wildman–Crippen LogP) is 2.96. The molecule has 2 rings (SSSR count). The minimum absolute atomic E-state index is 0.263. The Morgan fingerprint density at radius 2 is 2.12 bits per heavy atom. The zero-order valence-corrected chi connectivity index (χ0v) is 10.0. The second-order valence-corrected chi connectivity index (χ2v) is 4.25. The number of aromatic nitrogens is 1. The summed E-state index contributed by atoms with van der Waals surface area (Å²) in [4.78, 5) is 3.47. The molecular formula is C14H19NO. The van der Waals surface area contributed by atoms with Crippen LogP contribution in [0.5, 0.6) is 0 Å². The number of rotatable bonds is 4. The van der Waals surface area contributed by atoms with Crippen molar-refractivity contribution in [2.45, 2.75) is 33.1 Å². The molecule has 0 unspecified atom stereocenters. The van der Waals surface area contributed by atoms with Crippen molar-refractivity contribution in [3.05, 3.63) is 35.0 Å². The van der Waals surface area contributed by atoms with E-state index in [0.717, 1.165) is 19.3 Å². The Balaban J connectivity index is 2.52. The maximum atomic E-state index is 8.92. The maximum Gasteiger partial charge on any atom is 0.0491 e. The second-order valence-electron chi connectivity index (χ2n) is 4.25. The minimum Gasteiger partial charge on any atom is -0.396 e. The van der Waals surface area contributed by atoms with Gasteiger partial charge in [-0.05, 0) is 37.3 Å². The Morgan fingerprint density at radius 3 is 2.81 bits per heavy atom. The lowest BCUT2D eigenvalue weighted by atomic mass is 10.0. The molecule has 0 radical (unpaired) electrons. The molecular weight excluding hydrogens is 198 g/mol. The molecule has 2 N–H and O–H groups in total. The standard InChI is InChI=1S/C14H19NO/c1-3-11-6-4-7-13-12(8-5-9-16)10(2)15-14(11)13/h4,6-7,15-16H,3,5,8-9H2,1-2H3. The van der Waals surface area contributed by atoms with Crippen LogP contribution in [0.3, 0.4) is 0 Å². The Hall–Kier alpha value is -1.28. The molecule has 16 heavy (non-hydrogen) atoms. The van der Waals surface area contributed by atoms with Crippen LogP contribution in [0.15, 0.2) is 18.2 Å². The second kappa shape index (κ2) is 4.71. The van der Waals surface area contributed by atoms with Gasteiger partial charge in [-0.1, -0.05) is 25.1 Å². The Bertz CT molecular complexity index is 485. The van der Waals surface area contributed by atoms with Gasteiger partial charge < -0.3 is 10.1 Å². The number of para-hydroxylation sites is 1. The van der Waals surface area contributed by atoms with Crippen molar-refractivity contribution in [1.29, 1.82) is 0 Å². The van der Waals surface area contributed by atoms with Gasteiger partial charge >= 0.3 is 0 Å². The van der Waals surface area contributed by atoms with Crippen LogP contribution in [0.4, 0.5) is 0 Å². The Morgan fingerprint density at radius 1 is 1.31 bits per heavy atom. The van der Waals surface area contributed by atoms with Crippen LogP contribution in [0, 0.1) is 6.92 Å². The SMILES string of the molecule is CCc1cccc2c(CCCO)c(C)[nH]c12. The van der Waals surface area contributed by atoms with Crippen LogP contribution in [0.25, 0.3) is 10.9 Å². The Labute approximate surface area is 96.3 Å². The molecule has 0 aliphatic rings. The smallest absolute Gasteiger partial charge is 0.0491 e. The first-order chi connectivity index (χ1) is 7.77. The molecule has 2 heteroatoms. The van der Waals surface area contributed by atoms with Crippen molar-refractivity contribution < 1.29 is 5.11 Å². The molecule has 86 valence electrons. The topological polar surface area (TPSA) is 36.0 Å². The molecule has 0 spiro atoms. The fourth-order valence-corrected chi connectivity index (χ4v) is 2.34. The zero-order chi connectivity index (χ0) is 11.5. The van der Waals surface area contributed by atoms with E-state index in [1.54, 1.807) is 0 Å². The summed E-state index contributed by atoms with van der Waals surface area (Å²) in [7, 11) is 0. The fraction of sp³-hybridized carbons (Fsp3) is 0.429. The minimum atomic E-state index is 0.263. The van der Waals surface area contributed by atoms with Crippen molar-refractivity contribution in [2.75, 3.05) is 6.61 Å². The molecule has 1 aromatic carbocycles. The third-order valence-corrected chi connectivity index (χ3v) is 3.21. The number of aryl methyl sites for hydroxylation is 3. The molecule has 2 aromatic rings. The molecule has 2 nitrogen and oxygen atoms in total. The monoisotopic (exact) mass is 217 g/mol. The van der Waals surface area contributed by atoms with Crippen LogP contribution in [0.2, 0.25) is 0 Å². The average molecular weight is 217 g/mol. The predicted molar refractivity (Wildman–Crippen MR) is 67.8 cm³/mol. The van der Waals surface area contributed by atoms with Crippen LogP contribution < -0.4 is 0 Å². The van der Waals surface area contributed by atoms with E-state index in [1.165, 1.54) is 27.7 Å². The molecule has 0 amide bonds. The number of hydrogen-bond acceptors (Lipinski definition) is 1. The third kappa shape index (κ3) is 1.85. The van der Waals surface area contributed by atoms with E-state index in [9.17, 15) is 0 Å². The zero-order valence-electron chi connectivity index (χ0n) is 10.0. The largest absolute Gasteiger partial charge is 0.396 e. The van der Waals surface area contributed by atoms with E-state index in [2.05, 4.69) is 37.0 Å². The number of nitrogens with one attached hydrogen (secondary N) is 1. The first-order valence-electron chi connectivity index (χ1n) is 5.97. The molecule has 1 aromatic heterocycles. The van der Waals surface area contributed by atoms with Crippen molar-refractivity contribution in [1.82, 2.24) is 4.98 Å². The highest BCUT2D eigenvalue weighted by molar-refractivity contribution is 5.87. The van der Waals surface area contributed by atoms with E-state index < -0.39 is 0 Å². The summed E-state index contributed by atoms with van der Waals surface area (Å²) >= 11 is 0. The van der Waals surface area contributed by atoms with E-state index in [1.807, 2.05) is 0 Å². The van der Waals surface area contributed by atoms with Crippen LogP contribution >= 0.6 is 0 Å². The summed E-state index contributed by atoms with van der Waals surface area (Å²) in [5, 5.41) is 10.2. The van der Waals surface area contributed by atoms with E-state index in [0.29, 0.717) is 0 Å². The molecule has 0 aliphatic heterocycles. The van der Waals surface area contributed by atoms with Crippen LogP contribution in [-0.2, 0) is 12.8 Å². The summed E-state index contributed by atoms with van der Waals surface area (Å²) in [6, 6.07) is 6.47. The number of fused-ring (bicyclic) bond motifs is 1. The van der Waals surface area contributed by atoms with Crippen molar-refractivity contribution in [3.8, 4) is 0 Å². The first kappa shape index (κ1) is 11.2. The summed E-state index contributed by atoms with van der Waals surface area (Å²) in [5.41, 5.74) is 5.25. The van der Waals surface area contributed by atoms with Gasteiger partial charge in [-0.3, -0.25) is 0 Å². The average Bonchev–Trinajstić information content (AvgIpc) is 2.62. The molecule has 1 heterocycles. The third-order valence-electron chi connectivity index (χ3n) is 3.21. The normalized spacial score (nSPS) is 11.2. The first-order valence-corrected chi connectivity index (χ1v) is 5.97. The number of aliphatic hydroxyl groups is 1. The van der Waals surface area contributed by atoms with Gasteiger partial charge in [-0.25, -0.2) is 0 Å². The summed E-state index contributed by atoms with van der Waals surface area (Å²) < 4.78 is 0. The quantitative estimate of drug-likeness (QED) is 0.811. The van der Waals surface area contributed by atoms with Gasteiger partial charge in [0.25, 0.3) is 0 Å². The number of aromatic amines is 1. The molecule has 0 fully saturated rings. The number of H-pyrrole nitrogens is 1. The lowest BCUT2D eigenvalue weighted by Gasteiger charge is -2.01. The summed E-state index contributed by atoms with van der Waals surface area (Å²) in [6.07, 6.45) is 2.84. The van der Waals surface area contributed by atoms with Gasteiger partial charge in [0.15, 0.2) is 0 Å². The van der Waals surface area contributed by atoms with Crippen molar-refractivity contribution in [3.63, 3.8) is 0 Å². The highest BCUT2D eigenvalue weighted by Gasteiger charge is 2.09. The highest BCUT2D eigenvalue weighted by atomic mass is 16.2. The molecule has 0 aliphatic carbocycles. The molecule has 0 saturated heterocycles. The van der Waals surface area contributed by atoms with E-state index in [4.69, 9.17) is 5.11 Å². The van der Waals surface area contributed by atoms with E-state index >= 15 is 0 Å². The van der Waals surface area contributed by atoms with Gasteiger partial charge in [0.1, 0.15) is 0 Å². The maximum absolute atomic E-state index is 8.92. The van der Waals surface area contributed by atoms with Gasteiger partial charge in [0.2, 0.25) is 0 Å². The van der Waals surface area contributed by atoms with Gasteiger partial charge in [0, 0.05) is 23.2 Å². The van der Waals surface area contributed by atoms with Gasteiger partial charge in [-0.15, -0.1) is 0 Å². The van der Waals surface area contributed by atoms with Crippen molar-refractivity contribution >= 4 is 10.9 Å². The fourth-order valence-electron chi connectivity index (χ4n) is 2.34. The van der Waals surface area contributed by atoms with Crippen molar-refractivity contribution in [2.24, 2.45) is 0 Å². The summed E-state index contributed by atoms with van der Waals surface area (Å²) in [6.45, 7) is 4.56. The van der Waals surface area contributed by atoms with Gasteiger partial charge in [0.05, 0.1) is 0 Å². The van der Waals surface area contributed by atoms with E-state index in [-0.39, 0.29) is 6.61 Å². The highest BCUT2D eigenvalue weighted by Crippen LogP contribution is 2.26. The van der Waals surface area contributed by atoms with Gasteiger partial charge in [-0.2, -0.15) is 0 Å². The molecule has 0 bridgehead atoms. The number of hydrogen-bond donors (Lipinski definition) is 2.